The Labute approximate surface area is 73.2 Å². The molecule has 1 aliphatic rings. The number of nitrogens with two attached hydrogens (primary N) is 2. The smallest absolute Gasteiger partial charge is 0.158 e. The molecule has 3 atom stereocenters. The minimum atomic E-state index is -0.0941. The summed E-state index contributed by atoms with van der Waals surface area (Å²) in [6.07, 6.45) is 1.69. The highest BCUT2D eigenvalue weighted by Gasteiger charge is 2.27. The van der Waals surface area contributed by atoms with Crippen LogP contribution in [0, 0.1) is 0 Å². The van der Waals surface area contributed by atoms with E-state index in [1.165, 1.54) is 0 Å². The van der Waals surface area contributed by atoms with E-state index >= 15 is 0 Å². The number of hydrogen-bond donors (Lipinski definition) is 2. The van der Waals surface area contributed by atoms with E-state index in [1.807, 2.05) is 6.92 Å². The molecule has 4 nitrogen and oxygen atoms in total. The van der Waals surface area contributed by atoms with Crippen molar-refractivity contribution in [2.45, 2.75) is 38.2 Å². The Morgan fingerprint density at radius 2 is 2.25 bits per heavy atom. The van der Waals surface area contributed by atoms with Crippen LogP contribution in [0.3, 0.4) is 0 Å². The summed E-state index contributed by atoms with van der Waals surface area (Å²) in [6.45, 7) is 3.11. The molecular formula is C8H18N2O2. The Bertz CT molecular complexity index is 132. The van der Waals surface area contributed by atoms with E-state index in [4.69, 9.17) is 20.9 Å². The second kappa shape index (κ2) is 4.77. The van der Waals surface area contributed by atoms with Gasteiger partial charge in [0.05, 0.1) is 6.10 Å². The average Bonchev–Trinajstić information content (AvgIpc) is 2.09. The maximum atomic E-state index is 5.79. The predicted octanol–water partition coefficient (Wildman–Crippen LogP) is -0.186. The summed E-state index contributed by atoms with van der Waals surface area (Å²) in [7, 11) is 0. The van der Waals surface area contributed by atoms with E-state index in [2.05, 4.69) is 0 Å². The summed E-state index contributed by atoms with van der Waals surface area (Å²) in [5.74, 6) is 0. The standard InChI is InChI=1S/C8H18N2O2/c1-2-11-8-4-3-6(10)7(5-9)12-8/h6-8H,2-5,9-10H2,1H3. The van der Waals surface area contributed by atoms with E-state index < -0.39 is 0 Å². The summed E-state index contributed by atoms with van der Waals surface area (Å²) in [5, 5.41) is 0. The highest BCUT2D eigenvalue weighted by atomic mass is 16.7. The van der Waals surface area contributed by atoms with Gasteiger partial charge in [0, 0.05) is 19.2 Å². The first-order chi connectivity index (χ1) is 5.77. The first-order valence-electron chi connectivity index (χ1n) is 4.50. The van der Waals surface area contributed by atoms with Crippen molar-refractivity contribution < 1.29 is 9.47 Å². The van der Waals surface area contributed by atoms with Crippen LogP contribution in [-0.2, 0) is 9.47 Å². The molecule has 0 aliphatic carbocycles. The van der Waals surface area contributed by atoms with Gasteiger partial charge in [-0.15, -0.1) is 0 Å². The minimum Gasteiger partial charge on any atom is -0.353 e. The van der Waals surface area contributed by atoms with Gasteiger partial charge in [-0.3, -0.25) is 0 Å². The molecule has 1 fully saturated rings. The molecule has 1 saturated heterocycles. The Kier molecular flexibility index (Phi) is 3.94. The van der Waals surface area contributed by atoms with E-state index in [-0.39, 0.29) is 18.4 Å². The molecule has 12 heavy (non-hydrogen) atoms. The maximum absolute atomic E-state index is 5.79. The van der Waals surface area contributed by atoms with E-state index in [9.17, 15) is 0 Å². The summed E-state index contributed by atoms with van der Waals surface area (Å²) in [4.78, 5) is 0. The first-order valence-corrected chi connectivity index (χ1v) is 4.50. The van der Waals surface area contributed by atoms with E-state index in [0.29, 0.717) is 13.2 Å². The van der Waals surface area contributed by atoms with Gasteiger partial charge in [-0.2, -0.15) is 0 Å². The van der Waals surface area contributed by atoms with Gasteiger partial charge in [-0.25, -0.2) is 0 Å². The molecule has 0 bridgehead atoms. The largest absolute Gasteiger partial charge is 0.353 e. The van der Waals surface area contributed by atoms with Crippen molar-refractivity contribution in [2.75, 3.05) is 13.2 Å². The minimum absolute atomic E-state index is 0.0321. The molecular weight excluding hydrogens is 156 g/mol. The lowest BCUT2D eigenvalue weighted by molar-refractivity contribution is -0.193. The van der Waals surface area contributed by atoms with Crippen LogP contribution in [0.5, 0.6) is 0 Å². The highest BCUT2D eigenvalue weighted by Crippen LogP contribution is 2.18. The molecule has 3 unspecified atom stereocenters. The van der Waals surface area contributed by atoms with Crippen LogP contribution in [-0.4, -0.2) is 31.6 Å². The zero-order chi connectivity index (χ0) is 8.97. The van der Waals surface area contributed by atoms with Crippen LogP contribution >= 0.6 is 0 Å². The first kappa shape index (κ1) is 9.92. The Morgan fingerprint density at radius 1 is 1.50 bits per heavy atom. The third kappa shape index (κ3) is 2.42. The molecule has 0 saturated carbocycles. The summed E-state index contributed by atoms with van der Waals surface area (Å²) >= 11 is 0. The highest BCUT2D eigenvalue weighted by molar-refractivity contribution is 4.79. The monoisotopic (exact) mass is 174 g/mol. The van der Waals surface area contributed by atoms with Crippen LogP contribution in [0.4, 0.5) is 0 Å². The summed E-state index contributed by atoms with van der Waals surface area (Å²) in [5.41, 5.74) is 11.3. The molecule has 1 heterocycles. The van der Waals surface area contributed by atoms with Gasteiger partial charge in [-0.1, -0.05) is 0 Å². The topological polar surface area (TPSA) is 70.5 Å². The van der Waals surface area contributed by atoms with Gasteiger partial charge in [0.15, 0.2) is 6.29 Å². The number of ether oxygens (including phenoxy) is 2. The van der Waals surface area contributed by atoms with Gasteiger partial charge in [0.1, 0.15) is 0 Å². The van der Waals surface area contributed by atoms with Crippen molar-refractivity contribution in [3.63, 3.8) is 0 Å². The van der Waals surface area contributed by atoms with Crippen LogP contribution < -0.4 is 11.5 Å². The lowest BCUT2D eigenvalue weighted by Gasteiger charge is -2.33. The molecule has 4 N–H and O–H groups in total. The Hall–Kier alpha value is -0.160. The fraction of sp³-hybridized carbons (Fsp3) is 1.00. The van der Waals surface area contributed by atoms with Crippen molar-refractivity contribution in [2.24, 2.45) is 11.5 Å². The maximum Gasteiger partial charge on any atom is 0.158 e. The summed E-state index contributed by atoms with van der Waals surface area (Å²) < 4.78 is 10.8. The van der Waals surface area contributed by atoms with Crippen molar-refractivity contribution >= 4 is 0 Å². The number of hydrogen-bond acceptors (Lipinski definition) is 4. The zero-order valence-corrected chi connectivity index (χ0v) is 7.53. The SMILES string of the molecule is CCOC1CCC(N)C(CN)O1. The number of rotatable bonds is 3. The van der Waals surface area contributed by atoms with Gasteiger partial charge < -0.3 is 20.9 Å². The molecule has 1 aliphatic heterocycles. The molecule has 0 spiro atoms. The molecule has 0 radical (unpaired) electrons. The molecule has 72 valence electrons. The van der Waals surface area contributed by atoms with Crippen molar-refractivity contribution in [1.82, 2.24) is 0 Å². The van der Waals surface area contributed by atoms with Gasteiger partial charge in [-0.05, 0) is 19.8 Å². The normalized spacial score (nSPS) is 36.8. The third-order valence-electron chi connectivity index (χ3n) is 2.12. The van der Waals surface area contributed by atoms with Gasteiger partial charge in [0.2, 0.25) is 0 Å². The molecule has 0 aromatic heterocycles. The van der Waals surface area contributed by atoms with Crippen LogP contribution in [0.25, 0.3) is 0 Å². The van der Waals surface area contributed by atoms with Gasteiger partial charge in [0.25, 0.3) is 0 Å². The quantitative estimate of drug-likeness (QED) is 0.622. The van der Waals surface area contributed by atoms with Crippen LogP contribution in [0.1, 0.15) is 19.8 Å². The van der Waals surface area contributed by atoms with Crippen molar-refractivity contribution in [3.05, 3.63) is 0 Å². The Morgan fingerprint density at radius 3 is 2.83 bits per heavy atom. The fourth-order valence-corrected chi connectivity index (χ4v) is 1.42. The van der Waals surface area contributed by atoms with E-state index in [0.717, 1.165) is 12.8 Å². The van der Waals surface area contributed by atoms with Crippen molar-refractivity contribution in [1.29, 1.82) is 0 Å². The lowest BCUT2D eigenvalue weighted by Crippen LogP contribution is -2.48. The summed E-state index contributed by atoms with van der Waals surface area (Å²) in [6, 6.07) is 0.0757. The fourth-order valence-electron chi connectivity index (χ4n) is 1.42. The molecule has 0 aromatic rings. The molecule has 0 aromatic carbocycles. The average molecular weight is 174 g/mol. The third-order valence-corrected chi connectivity index (χ3v) is 2.12. The van der Waals surface area contributed by atoms with Crippen LogP contribution in [0.2, 0.25) is 0 Å². The second-order valence-electron chi connectivity index (χ2n) is 3.04. The van der Waals surface area contributed by atoms with Crippen molar-refractivity contribution in [3.8, 4) is 0 Å². The lowest BCUT2D eigenvalue weighted by atomic mass is 10.0. The van der Waals surface area contributed by atoms with Gasteiger partial charge >= 0.3 is 0 Å². The molecule has 4 heteroatoms. The predicted molar refractivity (Wildman–Crippen MR) is 46.6 cm³/mol. The molecule has 0 amide bonds. The van der Waals surface area contributed by atoms with E-state index in [1.54, 1.807) is 0 Å². The van der Waals surface area contributed by atoms with Crippen LogP contribution in [0.15, 0.2) is 0 Å². The molecule has 1 rings (SSSR count). The Balaban J connectivity index is 2.33. The zero-order valence-electron chi connectivity index (χ0n) is 7.53. The second-order valence-corrected chi connectivity index (χ2v) is 3.04.